The first-order valence-electron chi connectivity index (χ1n) is 7.61. The number of carbonyl (C=O) groups is 1. The second kappa shape index (κ2) is 11.5. The second-order valence-corrected chi connectivity index (χ2v) is 5.67. The zero-order chi connectivity index (χ0) is 13.5. The predicted octanol–water partition coefficient (Wildman–Crippen LogP) is 1.19. The minimum absolute atomic E-state index is 0. The highest BCUT2D eigenvalue weighted by Gasteiger charge is 2.26. The Morgan fingerprint density at radius 3 is 2.48 bits per heavy atom. The van der Waals surface area contributed by atoms with Gasteiger partial charge in [-0.05, 0) is 57.7 Å². The smallest absolute Gasteiger partial charge is 0.237 e. The summed E-state index contributed by atoms with van der Waals surface area (Å²) in [5.74, 6) is 0.292. The molecule has 2 aliphatic rings. The zero-order valence-electron chi connectivity index (χ0n) is 12.6. The van der Waals surface area contributed by atoms with E-state index in [1.165, 1.54) is 25.9 Å². The van der Waals surface area contributed by atoms with Crippen LogP contribution in [0.15, 0.2) is 0 Å². The van der Waals surface area contributed by atoms with Gasteiger partial charge in [-0.2, -0.15) is 0 Å². The molecule has 0 saturated carbocycles. The number of hydrogen-bond acceptors (Lipinski definition) is 4. The van der Waals surface area contributed by atoms with Crippen molar-refractivity contribution in [1.29, 1.82) is 0 Å². The normalized spacial score (nSPS) is 21.2. The fourth-order valence-electron chi connectivity index (χ4n) is 2.93. The van der Waals surface area contributed by atoms with E-state index in [0.29, 0.717) is 0 Å². The number of amides is 1. The van der Waals surface area contributed by atoms with E-state index in [4.69, 9.17) is 10.5 Å². The summed E-state index contributed by atoms with van der Waals surface area (Å²) in [4.78, 5) is 14.4. The highest BCUT2D eigenvalue weighted by molar-refractivity contribution is 5.85. The van der Waals surface area contributed by atoms with Gasteiger partial charge in [0.25, 0.3) is 0 Å². The Kier molecular flexibility index (Phi) is 11.5. The van der Waals surface area contributed by atoms with E-state index in [0.717, 1.165) is 45.6 Å². The van der Waals surface area contributed by atoms with Crippen LogP contribution in [-0.2, 0) is 9.53 Å². The molecule has 2 fully saturated rings. The molecule has 1 amide bonds. The molecule has 2 heterocycles. The topological polar surface area (TPSA) is 67.6 Å². The van der Waals surface area contributed by atoms with Crippen LogP contribution >= 0.6 is 24.8 Å². The molecular weight excluding hydrogens is 313 g/mol. The molecule has 5 nitrogen and oxygen atoms in total. The Hall–Kier alpha value is -0.0700. The molecule has 126 valence electrons. The highest BCUT2D eigenvalue weighted by Crippen LogP contribution is 2.17. The van der Waals surface area contributed by atoms with Gasteiger partial charge in [0.05, 0.1) is 6.04 Å². The molecule has 1 unspecified atom stereocenters. The number of nitrogens with one attached hydrogen (secondary N) is 1. The number of ether oxygens (including phenoxy) is 1. The third kappa shape index (κ3) is 7.15. The first-order chi connectivity index (χ1) is 9.27. The van der Waals surface area contributed by atoms with Gasteiger partial charge >= 0.3 is 0 Å². The summed E-state index contributed by atoms with van der Waals surface area (Å²) in [5, 5.41) is 2.97. The van der Waals surface area contributed by atoms with Crippen molar-refractivity contribution in [2.75, 3.05) is 39.4 Å². The number of rotatable bonds is 6. The molecule has 0 spiro atoms. The van der Waals surface area contributed by atoms with Crippen LogP contribution < -0.4 is 11.1 Å². The van der Waals surface area contributed by atoms with Gasteiger partial charge < -0.3 is 20.7 Å². The maximum Gasteiger partial charge on any atom is 0.237 e. The molecule has 1 atom stereocenters. The van der Waals surface area contributed by atoms with Crippen molar-refractivity contribution in [3.05, 3.63) is 0 Å². The van der Waals surface area contributed by atoms with Crippen molar-refractivity contribution in [2.24, 2.45) is 11.7 Å². The summed E-state index contributed by atoms with van der Waals surface area (Å²) >= 11 is 0. The van der Waals surface area contributed by atoms with Crippen LogP contribution in [0.4, 0.5) is 0 Å². The van der Waals surface area contributed by atoms with Crippen molar-refractivity contribution >= 4 is 30.7 Å². The molecule has 0 radical (unpaired) electrons. The van der Waals surface area contributed by atoms with Crippen LogP contribution in [0.3, 0.4) is 0 Å². The van der Waals surface area contributed by atoms with Gasteiger partial charge in [0.1, 0.15) is 0 Å². The molecule has 2 aliphatic heterocycles. The van der Waals surface area contributed by atoms with Gasteiger partial charge in [-0.15, -0.1) is 24.8 Å². The first kappa shape index (κ1) is 20.9. The first-order valence-corrected chi connectivity index (χ1v) is 7.61. The van der Waals surface area contributed by atoms with Crippen LogP contribution in [0.25, 0.3) is 0 Å². The average molecular weight is 342 g/mol. The van der Waals surface area contributed by atoms with E-state index < -0.39 is 0 Å². The summed E-state index contributed by atoms with van der Waals surface area (Å²) in [6.07, 6.45) is 5.47. The highest BCUT2D eigenvalue weighted by atomic mass is 35.5. The lowest BCUT2D eigenvalue weighted by Gasteiger charge is -2.26. The minimum atomic E-state index is -0.365. The predicted molar refractivity (Wildman–Crippen MR) is 89.3 cm³/mol. The van der Waals surface area contributed by atoms with Gasteiger partial charge in [-0.1, -0.05) is 0 Å². The SMILES string of the molecule is Cl.Cl.NC(C(=O)NCCCN1CCCC1)C1CCOCC1. The van der Waals surface area contributed by atoms with Crippen LogP contribution in [0.5, 0.6) is 0 Å². The van der Waals surface area contributed by atoms with E-state index in [1.807, 2.05) is 0 Å². The molecule has 2 saturated heterocycles. The summed E-state index contributed by atoms with van der Waals surface area (Å²) in [7, 11) is 0. The van der Waals surface area contributed by atoms with Crippen molar-refractivity contribution in [2.45, 2.75) is 38.1 Å². The third-order valence-electron chi connectivity index (χ3n) is 4.23. The molecule has 7 heteroatoms. The number of carbonyl (C=O) groups excluding carboxylic acids is 1. The van der Waals surface area contributed by atoms with Crippen molar-refractivity contribution in [3.63, 3.8) is 0 Å². The van der Waals surface area contributed by atoms with Crippen molar-refractivity contribution in [1.82, 2.24) is 10.2 Å². The number of halogens is 2. The molecular formula is C14H29Cl2N3O2. The summed E-state index contributed by atoms with van der Waals surface area (Å²) in [5.41, 5.74) is 6.02. The Labute approximate surface area is 140 Å². The Balaban J connectivity index is 0.00000200. The van der Waals surface area contributed by atoms with E-state index >= 15 is 0 Å². The van der Waals surface area contributed by atoms with Crippen LogP contribution in [0, 0.1) is 5.92 Å². The lowest BCUT2D eigenvalue weighted by Crippen LogP contribution is -2.47. The third-order valence-corrected chi connectivity index (χ3v) is 4.23. The van der Waals surface area contributed by atoms with Gasteiger partial charge in [-0.3, -0.25) is 4.79 Å². The zero-order valence-corrected chi connectivity index (χ0v) is 14.2. The molecule has 0 aromatic rings. The van der Waals surface area contributed by atoms with Gasteiger partial charge in [0, 0.05) is 19.8 Å². The summed E-state index contributed by atoms with van der Waals surface area (Å²) < 4.78 is 5.29. The fraction of sp³-hybridized carbons (Fsp3) is 0.929. The van der Waals surface area contributed by atoms with Crippen LogP contribution in [0.1, 0.15) is 32.1 Å². The fourth-order valence-corrected chi connectivity index (χ4v) is 2.93. The minimum Gasteiger partial charge on any atom is -0.381 e. The monoisotopic (exact) mass is 341 g/mol. The number of likely N-dealkylation sites (tertiary alicyclic amines) is 1. The molecule has 2 rings (SSSR count). The van der Waals surface area contributed by atoms with E-state index in [1.54, 1.807) is 0 Å². The molecule has 0 aliphatic carbocycles. The Morgan fingerprint density at radius 2 is 1.86 bits per heavy atom. The standard InChI is InChI=1S/C14H27N3O2.2ClH/c15-13(12-4-10-19-11-5-12)14(18)16-6-3-9-17-7-1-2-8-17;;/h12-13H,1-11,15H2,(H,16,18);2*1H. The molecule has 0 bridgehead atoms. The Morgan fingerprint density at radius 1 is 1.24 bits per heavy atom. The molecule has 0 aromatic carbocycles. The second-order valence-electron chi connectivity index (χ2n) is 5.67. The van der Waals surface area contributed by atoms with Crippen molar-refractivity contribution < 1.29 is 9.53 Å². The van der Waals surface area contributed by atoms with Gasteiger partial charge in [-0.25, -0.2) is 0 Å². The Bertz CT molecular complexity index is 283. The number of nitrogens with two attached hydrogens (primary N) is 1. The molecule has 3 N–H and O–H groups in total. The maximum absolute atomic E-state index is 11.9. The quantitative estimate of drug-likeness (QED) is 0.712. The number of nitrogens with zero attached hydrogens (tertiary/aromatic N) is 1. The largest absolute Gasteiger partial charge is 0.381 e. The summed E-state index contributed by atoms with van der Waals surface area (Å²) in [6, 6.07) is -0.365. The summed E-state index contributed by atoms with van der Waals surface area (Å²) in [6.45, 7) is 5.74. The average Bonchev–Trinajstić information content (AvgIpc) is 2.96. The number of hydrogen-bond donors (Lipinski definition) is 2. The van der Waals surface area contributed by atoms with E-state index in [2.05, 4.69) is 10.2 Å². The van der Waals surface area contributed by atoms with E-state index in [9.17, 15) is 4.79 Å². The van der Waals surface area contributed by atoms with Gasteiger partial charge in [0.15, 0.2) is 0 Å². The van der Waals surface area contributed by atoms with Crippen LogP contribution in [-0.4, -0.2) is 56.2 Å². The van der Waals surface area contributed by atoms with E-state index in [-0.39, 0.29) is 42.7 Å². The van der Waals surface area contributed by atoms with Gasteiger partial charge in [0.2, 0.25) is 5.91 Å². The van der Waals surface area contributed by atoms with Crippen molar-refractivity contribution in [3.8, 4) is 0 Å². The van der Waals surface area contributed by atoms with Crippen LogP contribution in [0.2, 0.25) is 0 Å². The molecule has 0 aromatic heterocycles. The molecule has 21 heavy (non-hydrogen) atoms. The lowest BCUT2D eigenvalue weighted by atomic mass is 9.92. The maximum atomic E-state index is 11.9. The lowest BCUT2D eigenvalue weighted by molar-refractivity contribution is -0.124.